The van der Waals surface area contributed by atoms with Crippen molar-refractivity contribution in [1.82, 2.24) is 5.43 Å². The van der Waals surface area contributed by atoms with Gasteiger partial charge in [0.2, 0.25) is 0 Å². The van der Waals surface area contributed by atoms with Crippen molar-refractivity contribution in [3.05, 3.63) is 88.4 Å². The molecule has 0 aliphatic carbocycles. The monoisotopic (exact) mass is 452 g/mol. The summed E-state index contributed by atoms with van der Waals surface area (Å²) in [5.74, 6) is 0.237. The second-order valence-electron chi connectivity index (χ2n) is 6.70. The molecule has 0 unspecified atom stereocenters. The van der Waals surface area contributed by atoms with Crippen molar-refractivity contribution in [2.75, 3.05) is 13.7 Å². The lowest BCUT2D eigenvalue weighted by Crippen LogP contribution is -2.24. The minimum atomic E-state index is -0.488. The number of rotatable bonds is 8. The molecule has 3 aromatic rings. The van der Waals surface area contributed by atoms with Crippen LogP contribution in [0, 0.1) is 6.92 Å². The Balaban J connectivity index is 1.55. The van der Waals surface area contributed by atoms with Crippen LogP contribution in [0.2, 0.25) is 5.02 Å². The third-order valence-electron chi connectivity index (χ3n) is 4.26. The van der Waals surface area contributed by atoms with E-state index in [9.17, 15) is 9.59 Å². The number of carbonyl (C=O) groups is 2. The number of hydrazone groups is 1. The summed E-state index contributed by atoms with van der Waals surface area (Å²) in [6.07, 6.45) is 1.44. The molecule has 0 radical (unpaired) electrons. The Kier molecular flexibility index (Phi) is 7.83. The van der Waals surface area contributed by atoms with Gasteiger partial charge in [-0.1, -0.05) is 29.3 Å². The zero-order valence-electron chi connectivity index (χ0n) is 17.5. The number of aryl methyl sites for hydroxylation is 1. The minimum Gasteiger partial charge on any atom is -0.493 e. The number of nitrogens with one attached hydrogen (secondary N) is 1. The molecule has 32 heavy (non-hydrogen) atoms. The SMILES string of the molecule is COc1cc(C=NNC(=O)COc2ccc(Cl)cc2)ccc1OC(=O)c1ccc(C)cc1. The van der Waals surface area contributed by atoms with E-state index in [1.165, 1.54) is 13.3 Å². The molecule has 0 aromatic heterocycles. The molecule has 0 spiro atoms. The van der Waals surface area contributed by atoms with Crippen LogP contribution in [0.3, 0.4) is 0 Å². The van der Waals surface area contributed by atoms with Crippen molar-refractivity contribution in [3.63, 3.8) is 0 Å². The molecular weight excluding hydrogens is 432 g/mol. The van der Waals surface area contributed by atoms with Crippen molar-refractivity contribution < 1.29 is 23.8 Å². The summed E-state index contributed by atoms with van der Waals surface area (Å²) in [6, 6.07) is 18.6. The molecular formula is C24H21ClN2O5. The zero-order chi connectivity index (χ0) is 22.9. The Morgan fingerprint density at radius 1 is 1.00 bits per heavy atom. The highest BCUT2D eigenvalue weighted by Gasteiger charge is 2.12. The van der Waals surface area contributed by atoms with Crippen LogP contribution in [0.4, 0.5) is 0 Å². The second kappa shape index (κ2) is 11.0. The van der Waals surface area contributed by atoms with Crippen LogP contribution in [-0.2, 0) is 4.79 Å². The molecule has 1 N–H and O–H groups in total. The van der Waals surface area contributed by atoms with Crippen molar-refractivity contribution >= 4 is 29.7 Å². The number of carbonyl (C=O) groups excluding carboxylic acids is 2. The van der Waals surface area contributed by atoms with Gasteiger partial charge in [0.05, 0.1) is 18.9 Å². The average Bonchev–Trinajstić information content (AvgIpc) is 2.80. The van der Waals surface area contributed by atoms with Crippen LogP contribution in [0.1, 0.15) is 21.5 Å². The maximum atomic E-state index is 12.3. The normalized spacial score (nSPS) is 10.6. The number of nitrogens with zero attached hydrogens (tertiary/aromatic N) is 1. The quantitative estimate of drug-likeness (QED) is 0.237. The van der Waals surface area contributed by atoms with Crippen LogP contribution in [0.5, 0.6) is 17.2 Å². The highest BCUT2D eigenvalue weighted by Crippen LogP contribution is 2.28. The first-order chi connectivity index (χ1) is 15.4. The Hall–Kier alpha value is -3.84. The largest absolute Gasteiger partial charge is 0.493 e. The standard InChI is InChI=1S/C24H21ClN2O5/c1-16-3-6-18(7-4-16)24(29)32-21-12-5-17(13-22(21)30-2)14-26-27-23(28)15-31-20-10-8-19(25)9-11-20/h3-14H,15H2,1-2H3,(H,27,28). The molecule has 0 atom stereocenters. The number of ether oxygens (including phenoxy) is 3. The molecule has 0 saturated heterocycles. The predicted molar refractivity (Wildman–Crippen MR) is 122 cm³/mol. The van der Waals surface area contributed by atoms with E-state index in [1.54, 1.807) is 54.6 Å². The lowest BCUT2D eigenvalue weighted by atomic mass is 10.1. The molecule has 3 aromatic carbocycles. The van der Waals surface area contributed by atoms with E-state index in [-0.39, 0.29) is 12.4 Å². The molecule has 0 aliphatic rings. The molecule has 3 rings (SSSR count). The highest BCUT2D eigenvalue weighted by atomic mass is 35.5. The molecule has 0 saturated carbocycles. The number of halogens is 1. The number of hydrogen-bond acceptors (Lipinski definition) is 6. The Morgan fingerprint density at radius 3 is 2.41 bits per heavy atom. The van der Waals surface area contributed by atoms with Crippen molar-refractivity contribution in [1.29, 1.82) is 0 Å². The van der Waals surface area contributed by atoms with Gasteiger partial charge in [0.1, 0.15) is 5.75 Å². The van der Waals surface area contributed by atoms with Gasteiger partial charge in [0, 0.05) is 5.02 Å². The van der Waals surface area contributed by atoms with E-state index in [2.05, 4.69) is 10.5 Å². The lowest BCUT2D eigenvalue weighted by Gasteiger charge is -2.10. The summed E-state index contributed by atoms with van der Waals surface area (Å²) in [5, 5.41) is 4.48. The first-order valence-corrected chi connectivity index (χ1v) is 9.99. The van der Waals surface area contributed by atoms with Crippen LogP contribution in [0.25, 0.3) is 0 Å². The zero-order valence-corrected chi connectivity index (χ0v) is 18.3. The minimum absolute atomic E-state index is 0.198. The highest BCUT2D eigenvalue weighted by molar-refractivity contribution is 6.30. The number of hydrogen-bond donors (Lipinski definition) is 1. The summed E-state index contributed by atoms with van der Waals surface area (Å²) in [6.45, 7) is 1.74. The molecule has 8 heteroatoms. The fourth-order valence-electron chi connectivity index (χ4n) is 2.59. The van der Waals surface area contributed by atoms with Gasteiger partial charge in [-0.2, -0.15) is 5.10 Å². The van der Waals surface area contributed by atoms with Crippen molar-refractivity contribution in [3.8, 4) is 17.2 Å². The van der Waals surface area contributed by atoms with Gasteiger partial charge in [-0.05, 0) is 67.1 Å². The molecule has 164 valence electrons. The molecule has 0 bridgehead atoms. The van der Waals surface area contributed by atoms with Gasteiger partial charge >= 0.3 is 5.97 Å². The number of amides is 1. The van der Waals surface area contributed by atoms with E-state index in [4.69, 9.17) is 25.8 Å². The van der Waals surface area contributed by atoms with E-state index >= 15 is 0 Å². The maximum Gasteiger partial charge on any atom is 0.343 e. The van der Waals surface area contributed by atoms with E-state index < -0.39 is 11.9 Å². The van der Waals surface area contributed by atoms with Crippen molar-refractivity contribution in [2.45, 2.75) is 6.92 Å². The topological polar surface area (TPSA) is 86.2 Å². The van der Waals surface area contributed by atoms with E-state index in [1.807, 2.05) is 19.1 Å². The first kappa shape index (κ1) is 22.8. The molecule has 0 aliphatic heterocycles. The van der Waals surface area contributed by atoms with E-state index in [0.717, 1.165) is 5.56 Å². The lowest BCUT2D eigenvalue weighted by molar-refractivity contribution is -0.123. The fraction of sp³-hybridized carbons (Fsp3) is 0.125. The molecule has 0 fully saturated rings. The second-order valence-corrected chi connectivity index (χ2v) is 7.14. The smallest absolute Gasteiger partial charge is 0.343 e. The summed E-state index contributed by atoms with van der Waals surface area (Å²) in [4.78, 5) is 24.2. The van der Waals surface area contributed by atoms with Crippen molar-refractivity contribution in [2.24, 2.45) is 5.10 Å². The molecule has 0 heterocycles. The number of esters is 1. The van der Waals surface area contributed by atoms with Gasteiger partial charge in [0.25, 0.3) is 5.91 Å². The fourth-order valence-corrected chi connectivity index (χ4v) is 2.71. The van der Waals surface area contributed by atoms with Crippen LogP contribution in [-0.4, -0.2) is 31.8 Å². The Labute approximate surface area is 190 Å². The maximum absolute atomic E-state index is 12.3. The van der Waals surface area contributed by atoms with Crippen LogP contribution < -0.4 is 19.6 Å². The van der Waals surface area contributed by atoms with Gasteiger partial charge in [-0.3, -0.25) is 4.79 Å². The summed E-state index contributed by atoms with van der Waals surface area (Å²) >= 11 is 5.80. The van der Waals surface area contributed by atoms with Crippen LogP contribution in [0.15, 0.2) is 71.8 Å². The van der Waals surface area contributed by atoms with Gasteiger partial charge < -0.3 is 14.2 Å². The van der Waals surface area contributed by atoms with Crippen LogP contribution >= 0.6 is 11.6 Å². The third-order valence-corrected chi connectivity index (χ3v) is 4.52. The van der Waals surface area contributed by atoms with Gasteiger partial charge in [-0.15, -0.1) is 0 Å². The summed E-state index contributed by atoms with van der Waals surface area (Å²) in [5.41, 5.74) is 4.50. The third kappa shape index (κ3) is 6.58. The predicted octanol–water partition coefficient (Wildman–Crippen LogP) is 4.41. The first-order valence-electron chi connectivity index (χ1n) is 9.62. The van der Waals surface area contributed by atoms with Gasteiger partial charge in [0.15, 0.2) is 18.1 Å². The van der Waals surface area contributed by atoms with E-state index in [0.29, 0.717) is 27.6 Å². The van der Waals surface area contributed by atoms with Gasteiger partial charge in [-0.25, -0.2) is 10.2 Å². The molecule has 7 nitrogen and oxygen atoms in total. The summed E-state index contributed by atoms with van der Waals surface area (Å²) < 4.78 is 16.1. The average molecular weight is 453 g/mol. The summed E-state index contributed by atoms with van der Waals surface area (Å²) in [7, 11) is 1.47. The Bertz CT molecular complexity index is 1110. The molecule has 1 amide bonds. The number of benzene rings is 3. The Morgan fingerprint density at radius 2 is 1.72 bits per heavy atom. The number of methoxy groups -OCH3 is 1.